The maximum atomic E-state index is 13.4. The number of piperidine rings is 1. The minimum Gasteiger partial charge on any atom is -0.497 e. The van der Waals surface area contributed by atoms with Crippen LogP contribution in [0.3, 0.4) is 0 Å². The normalized spacial score (nSPS) is 16.4. The molecule has 4 rings (SSSR count). The first-order chi connectivity index (χ1) is 18.1. The molecule has 1 aromatic heterocycles. The Bertz CT molecular complexity index is 1300. The van der Waals surface area contributed by atoms with Gasteiger partial charge in [-0.2, -0.15) is 0 Å². The number of aliphatic hydroxyl groups is 1. The van der Waals surface area contributed by atoms with Gasteiger partial charge < -0.3 is 25.2 Å². The molecule has 11 heteroatoms. The van der Waals surface area contributed by atoms with E-state index in [9.17, 15) is 28.2 Å². The van der Waals surface area contributed by atoms with Crippen LogP contribution in [-0.4, -0.2) is 59.4 Å². The molecule has 0 spiro atoms. The lowest BCUT2D eigenvalue weighted by Crippen LogP contribution is -2.45. The first kappa shape index (κ1) is 27.9. The summed E-state index contributed by atoms with van der Waals surface area (Å²) in [6.07, 6.45) is 1.71. The molecule has 1 fully saturated rings. The van der Waals surface area contributed by atoms with E-state index in [2.05, 4.69) is 15.2 Å². The molecule has 0 radical (unpaired) electrons. The number of hydrogen-bond donors (Lipinski definition) is 3. The summed E-state index contributed by atoms with van der Waals surface area (Å²) < 4.78 is 45.2. The summed E-state index contributed by atoms with van der Waals surface area (Å²) in [6, 6.07) is 7.07. The summed E-state index contributed by atoms with van der Waals surface area (Å²) in [5.41, 5.74) is 0.270. The number of aliphatic hydroxyl groups excluding tert-OH is 1. The van der Waals surface area contributed by atoms with Crippen molar-refractivity contribution in [3.05, 3.63) is 64.6 Å². The molecule has 1 atom stereocenters. The first-order valence-electron chi connectivity index (χ1n) is 12.3. The molecule has 1 aliphatic heterocycles. The summed E-state index contributed by atoms with van der Waals surface area (Å²) in [5.74, 6) is -4.36. The van der Waals surface area contributed by atoms with E-state index in [1.54, 1.807) is 18.2 Å². The minimum absolute atomic E-state index is 0.132. The maximum Gasteiger partial charge on any atom is 0.309 e. The molecule has 1 saturated heterocycles. The second kappa shape index (κ2) is 11.8. The highest BCUT2D eigenvalue weighted by molar-refractivity contribution is 6.32. The number of halogens is 4. The first-order valence-corrected chi connectivity index (χ1v) is 12.7. The monoisotopic (exact) mass is 551 g/mol. The fraction of sp³-hybridized carbons (Fsp3) is 0.407. The zero-order valence-corrected chi connectivity index (χ0v) is 21.6. The van der Waals surface area contributed by atoms with E-state index in [0.717, 1.165) is 12.1 Å². The molecule has 2 heterocycles. The van der Waals surface area contributed by atoms with Gasteiger partial charge in [0.25, 0.3) is 0 Å². The molecule has 1 aliphatic rings. The van der Waals surface area contributed by atoms with E-state index >= 15 is 0 Å². The topological polar surface area (TPSA) is 94.9 Å². The van der Waals surface area contributed by atoms with Gasteiger partial charge in [-0.1, -0.05) is 11.6 Å². The van der Waals surface area contributed by atoms with Crippen molar-refractivity contribution in [2.45, 2.75) is 31.8 Å². The Balaban J connectivity index is 1.36. The number of carboxylic acid groups (broad SMARTS) is 1. The van der Waals surface area contributed by atoms with Crippen molar-refractivity contribution in [1.82, 2.24) is 9.88 Å². The smallest absolute Gasteiger partial charge is 0.309 e. The van der Waals surface area contributed by atoms with E-state index in [1.165, 1.54) is 13.3 Å². The highest BCUT2D eigenvalue weighted by Gasteiger charge is 2.41. The highest BCUT2D eigenvalue weighted by Crippen LogP contribution is 2.41. The van der Waals surface area contributed by atoms with Crippen LogP contribution in [0.4, 0.5) is 18.9 Å². The molecular formula is C27H29ClF3N3O4. The molecule has 2 aromatic carbocycles. The molecule has 3 N–H and O–H groups in total. The molecule has 0 bridgehead atoms. The SMILES string of the molecule is COc1ccc2ncc(Cl)c([C@H](O)CCC3(C(=O)O)CCN(CCNc4cc(F)c(F)c(F)c4)CC3)c2c1. The van der Waals surface area contributed by atoms with Gasteiger partial charge in [0.2, 0.25) is 0 Å². The molecule has 7 nitrogen and oxygen atoms in total. The summed E-state index contributed by atoms with van der Waals surface area (Å²) >= 11 is 6.40. The van der Waals surface area contributed by atoms with Crippen LogP contribution in [0.5, 0.6) is 5.75 Å². The zero-order chi connectivity index (χ0) is 27.4. The van der Waals surface area contributed by atoms with E-state index < -0.39 is 34.9 Å². The Morgan fingerprint density at radius 2 is 1.89 bits per heavy atom. The average molecular weight is 552 g/mol. The largest absolute Gasteiger partial charge is 0.497 e. The van der Waals surface area contributed by atoms with Crippen LogP contribution in [0, 0.1) is 22.9 Å². The second-order valence-electron chi connectivity index (χ2n) is 9.57. The Labute approximate surface area is 223 Å². The number of aromatic nitrogens is 1. The predicted octanol–water partition coefficient (Wildman–Crippen LogP) is 5.41. The van der Waals surface area contributed by atoms with E-state index in [4.69, 9.17) is 16.3 Å². The number of methoxy groups -OCH3 is 1. The second-order valence-corrected chi connectivity index (χ2v) is 9.97. The number of anilines is 1. The number of nitrogens with one attached hydrogen (secondary N) is 1. The van der Waals surface area contributed by atoms with E-state index in [-0.39, 0.29) is 18.5 Å². The quantitative estimate of drug-likeness (QED) is 0.290. The van der Waals surface area contributed by atoms with Gasteiger partial charge in [-0.15, -0.1) is 0 Å². The maximum absolute atomic E-state index is 13.4. The van der Waals surface area contributed by atoms with Crippen molar-refractivity contribution in [3.8, 4) is 5.75 Å². The average Bonchev–Trinajstić information content (AvgIpc) is 2.90. The predicted molar refractivity (Wildman–Crippen MR) is 138 cm³/mol. The number of aliphatic carboxylic acids is 1. The van der Waals surface area contributed by atoms with Gasteiger partial charge in [-0.05, 0) is 57.0 Å². The van der Waals surface area contributed by atoms with Gasteiger partial charge in [0.1, 0.15) is 5.75 Å². The lowest BCUT2D eigenvalue weighted by atomic mass is 9.74. The number of rotatable bonds is 10. The third kappa shape index (κ3) is 5.98. The lowest BCUT2D eigenvalue weighted by molar-refractivity contribution is -0.153. The third-order valence-corrected chi connectivity index (χ3v) is 7.61. The highest BCUT2D eigenvalue weighted by atomic mass is 35.5. The molecule has 204 valence electrons. The molecular weight excluding hydrogens is 523 g/mol. The Morgan fingerprint density at radius 3 is 2.53 bits per heavy atom. The molecule has 0 aliphatic carbocycles. The lowest BCUT2D eigenvalue weighted by Gasteiger charge is -2.39. The van der Waals surface area contributed by atoms with Crippen LogP contribution in [0.25, 0.3) is 10.9 Å². The Kier molecular flexibility index (Phi) is 8.64. The number of ether oxygens (including phenoxy) is 1. The summed E-state index contributed by atoms with van der Waals surface area (Å²) in [5, 5.41) is 25.0. The number of fused-ring (bicyclic) bond motifs is 1. The number of benzene rings is 2. The van der Waals surface area contributed by atoms with Gasteiger partial charge in [0.15, 0.2) is 17.5 Å². The van der Waals surface area contributed by atoms with Crippen molar-refractivity contribution in [1.29, 1.82) is 0 Å². The number of likely N-dealkylation sites (tertiary alicyclic amines) is 1. The van der Waals surface area contributed by atoms with Crippen LogP contribution < -0.4 is 10.1 Å². The van der Waals surface area contributed by atoms with Crippen LogP contribution in [0.2, 0.25) is 5.02 Å². The fourth-order valence-corrected chi connectivity index (χ4v) is 5.26. The van der Waals surface area contributed by atoms with Crippen molar-refractivity contribution in [2.24, 2.45) is 5.41 Å². The van der Waals surface area contributed by atoms with E-state index in [0.29, 0.717) is 66.3 Å². The molecule has 38 heavy (non-hydrogen) atoms. The van der Waals surface area contributed by atoms with Crippen molar-refractivity contribution < 1.29 is 32.9 Å². The van der Waals surface area contributed by atoms with Gasteiger partial charge in [0, 0.05) is 48.1 Å². The van der Waals surface area contributed by atoms with Crippen LogP contribution in [0.15, 0.2) is 36.5 Å². The van der Waals surface area contributed by atoms with Crippen LogP contribution >= 0.6 is 11.6 Å². The van der Waals surface area contributed by atoms with Crippen LogP contribution in [-0.2, 0) is 4.79 Å². The summed E-state index contributed by atoms with van der Waals surface area (Å²) in [6.45, 7) is 1.87. The number of hydrogen-bond acceptors (Lipinski definition) is 6. The number of carbonyl (C=O) groups is 1. The molecule has 0 unspecified atom stereocenters. The zero-order valence-electron chi connectivity index (χ0n) is 20.8. The summed E-state index contributed by atoms with van der Waals surface area (Å²) in [7, 11) is 1.54. The van der Waals surface area contributed by atoms with Gasteiger partial charge >= 0.3 is 5.97 Å². The summed E-state index contributed by atoms with van der Waals surface area (Å²) in [4.78, 5) is 18.7. The third-order valence-electron chi connectivity index (χ3n) is 7.31. The Hall–Kier alpha value is -3.08. The molecule has 0 amide bonds. The standard InChI is InChI=1S/C27H29ClF3N3O4/c1-38-17-2-3-22-18(14-17)24(19(28)15-33-22)23(35)4-5-27(26(36)37)6-9-34(10-7-27)11-8-32-16-12-20(29)25(31)21(30)13-16/h2-3,12-15,23,32,35H,4-11H2,1H3,(H,36,37)/t23-/m1/s1. The minimum atomic E-state index is -1.51. The fourth-order valence-electron chi connectivity index (χ4n) is 4.98. The van der Waals surface area contributed by atoms with Crippen LogP contribution in [0.1, 0.15) is 37.4 Å². The van der Waals surface area contributed by atoms with Crippen molar-refractivity contribution in [2.75, 3.05) is 38.6 Å². The Morgan fingerprint density at radius 1 is 1.21 bits per heavy atom. The van der Waals surface area contributed by atoms with Gasteiger partial charge in [-0.25, -0.2) is 13.2 Å². The number of pyridine rings is 1. The molecule has 0 saturated carbocycles. The van der Waals surface area contributed by atoms with Crippen molar-refractivity contribution in [3.63, 3.8) is 0 Å². The van der Waals surface area contributed by atoms with Gasteiger partial charge in [0.05, 0.1) is 29.2 Å². The number of carboxylic acids is 1. The van der Waals surface area contributed by atoms with E-state index in [1.807, 2.05) is 0 Å². The molecule has 3 aromatic rings. The van der Waals surface area contributed by atoms with Gasteiger partial charge in [-0.3, -0.25) is 9.78 Å². The number of nitrogens with zero attached hydrogens (tertiary/aromatic N) is 2. The van der Waals surface area contributed by atoms with Crippen molar-refractivity contribution >= 4 is 34.2 Å².